The summed E-state index contributed by atoms with van der Waals surface area (Å²) in [6.07, 6.45) is 8.73. The molecule has 2 aromatic heterocycles. The summed E-state index contributed by atoms with van der Waals surface area (Å²) in [6, 6.07) is 55.8. The van der Waals surface area contributed by atoms with Crippen molar-refractivity contribution >= 4 is 68.5 Å². The Kier molecular flexibility index (Phi) is 18.9. The van der Waals surface area contributed by atoms with E-state index in [0.29, 0.717) is 48.4 Å². The molecule has 16 nitrogen and oxygen atoms in total. The first-order valence-corrected chi connectivity index (χ1v) is 31.6. The van der Waals surface area contributed by atoms with Gasteiger partial charge in [0.1, 0.15) is 11.6 Å². The fourth-order valence-electron chi connectivity index (χ4n) is 11.6. The zero-order valence-electron chi connectivity index (χ0n) is 52.1. The summed E-state index contributed by atoms with van der Waals surface area (Å²) < 4.78 is 0. The van der Waals surface area contributed by atoms with Gasteiger partial charge in [0.15, 0.2) is 0 Å². The molecule has 16 heteroatoms. The Bertz CT molecular complexity index is 4070. The van der Waals surface area contributed by atoms with Gasteiger partial charge in [0.2, 0.25) is 0 Å². The van der Waals surface area contributed by atoms with Crippen LogP contribution in [0.15, 0.2) is 180 Å². The molecule has 0 aliphatic carbocycles. The van der Waals surface area contributed by atoms with Crippen LogP contribution in [0.3, 0.4) is 0 Å². The largest absolute Gasteiger partial charge is 0.352 e. The molecule has 0 saturated heterocycles. The van der Waals surface area contributed by atoms with Crippen molar-refractivity contribution in [2.75, 3.05) is 67.5 Å². The van der Waals surface area contributed by atoms with Crippen molar-refractivity contribution in [3.05, 3.63) is 214 Å². The van der Waals surface area contributed by atoms with Crippen LogP contribution in [0.5, 0.6) is 0 Å². The summed E-state index contributed by atoms with van der Waals surface area (Å²) >= 11 is 0. The molecule has 4 amide bonds. The molecule has 2 aliphatic rings. The molecule has 0 fully saturated rings. The molecular weight excluding hydrogens is 1130 g/mol. The standard InChI is InChI=1S/C75H76N12O4/c1-86(2)40-38-78-74(90)54-24-16-50(17-25-54)70-82-62-34-32-58(44-68(62)84-70)56-28-30-60-46-64(80-66(60)42-56)48-12-20-52(21-13-48)72(88)76-36-10-8-6-5-7-9-11-37-77-73(89)53-22-14-49(15-23-53)65-47-61-31-29-57(43-67(61)81-65)59-33-35-63-69(45-59)85-71(83-63)51-18-26-55(27-19-51)75(91)79-39-41-87(3)4/h12-35,42-45H,5-11,36-41,46-47H2,1-4H3,(H,76,88)(H,77,89)(H,78,90)(H,79,91)(H,82,84)(H,83,85). The number of amides is 4. The quantitative estimate of drug-likeness (QED) is 0.0287. The fourth-order valence-corrected chi connectivity index (χ4v) is 11.6. The molecule has 0 bridgehead atoms. The predicted molar refractivity (Wildman–Crippen MR) is 365 cm³/mol. The number of hydrogen-bond acceptors (Lipinski definition) is 10. The summed E-state index contributed by atoms with van der Waals surface area (Å²) in [5.74, 6) is 1.17. The minimum Gasteiger partial charge on any atom is -0.352 e. The average Bonchev–Trinajstić information content (AvgIpc) is 2.43. The second-order valence-corrected chi connectivity index (χ2v) is 24.2. The van der Waals surface area contributed by atoms with Crippen molar-refractivity contribution in [2.24, 2.45) is 9.98 Å². The van der Waals surface area contributed by atoms with E-state index in [0.717, 1.165) is 172 Å². The van der Waals surface area contributed by atoms with Crippen molar-refractivity contribution in [1.29, 1.82) is 0 Å². The molecular formula is C75H76N12O4. The predicted octanol–water partition coefficient (Wildman–Crippen LogP) is 12.9. The number of carbonyl (C=O) groups excluding carboxylic acids is 4. The normalized spacial score (nSPS) is 12.5. The molecule has 0 atom stereocenters. The van der Waals surface area contributed by atoms with E-state index in [2.05, 4.69) is 91.9 Å². The van der Waals surface area contributed by atoms with Crippen LogP contribution in [0.2, 0.25) is 0 Å². The number of imidazole rings is 2. The maximum atomic E-state index is 13.1. The number of likely N-dealkylation sites (N-methyl/N-ethyl adjacent to an activating group) is 2. The zero-order chi connectivity index (χ0) is 62.8. The van der Waals surface area contributed by atoms with E-state index in [1.165, 1.54) is 11.1 Å². The van der Waals surface area contributed by atoms with Crippen molar-refractivity contribution in [3.8, 4) is 45.0 Å². The van der Waals surface area contributed by atoms with Gasteiger partial charge in [0.05, 0.1) is 44.9 Å². The average molecular weight is 1210 g/mol. The van der Waals surface area contributed by atoms with Crippen LogP contribution in [0, 0.1) is 0 Å². The lowest BCUT2D eigenvalue weighted by atomic mass is 9.99. The van der Waals surface area contributed by atoms with Gasteiger partial charge in [-0.1, -0.05) is 117 Å². The lowest BCUT2D eigenvalue weighted by molar-refractivity contribution is 0.0942. The van der Waals surface area contributed by atoms with E-state index in [1.807, 2.05) is 147 Å². The lowest BCUT2D eigenvalue weighted by Crippen LogP contribution is -2.31. The highest BCUT2D eigenvalue weighted by molar-refractivity contribution is 6.09. The molecule has 0 unspecified atom stereocenters. The minimum atomic E-state index is -0.0911. The SMILES string of the molecule is CN(C)CCNC(=O)c1ccc(-c2nc3ccc(-c4ccc5c(c4)N=C(c4ccc(C(=O)NCCCCCCCCCNC(=O)c6ccc(C7=Nc8cc(-c9ccc%10nc(-c%11ccc(C(=O)NCCN(C)C)cc%11)[nH]c%10c9)ccc8C7)cc6)cc4)C5)cc3[nH]2)cc1. The second kappa shape index (κ2) is 28.1. The van der Waals surface area contributed by atoms with Crippen LogP contribution in [0.1, 0.15) is 109 Å². The van der Waals surface area contributed by atoms with Gasteiger partial charge in [-0.25, -0.2) is 9.97 Å². The van der Waals surface area contributed by atoms with E-state index in [4.69, 9.17) is 20.0 Å². The highest BCUT2D eigenvalue weighted by Gasteiger charge is 2.21. The van der Waals surface area contributed by atoms with Gasteiger partial charge in [-0.3, -0.25) is 29.2 Å². The molecule has 0 radical (unpaired) electrons. The number of rotatable bonds is 26. The molecule has 8 aromatic carbocycles. The van der Waals surface area contributed by atoms with Crippen molar-refractivity contribution in [2.45, 2.75) is 57.8 Å². The Labute approximate surface area is 530 Å². The first kappa shape index (κ1) is 61.1. The van der Waals surface area contributed by atoms with E-state index >= 15 is 0 Å². The van der Waals surface area contributed by atoms with Crippen molar-refractivity contribution < 1.29 is 19.2 Å². The van der Waals surface area contributed by atoms with Gasteiger partial charge < -0.3 is 41.0 Å². The smallest absolute Gasteiger partial charge is 0.251 e. The van der Waals surface area contributed by atoms with Gasteiger partial charge in [-0.15, -0.1) is 0 Å². The van der Waals surface area contributed by atoms with E-state index < -0.39 is 0 Å². The number of unbranched alkanes of at least 4 members (excludes halogenated alkanes) is 6. The summed E-state index contributed by atoms with van der Waals surface area (Å²) in [4.78, 5) is 82.1. The third-order valence-electron chi connectivity index (χ3n) is 16.9. The van der Waals surface area contributed by atoms with Crippen molar-refractivity contribution in [3.63, 3.8) is 0 Å². The third kappa shape index (κ3) is 15.0. The number of aromatic nitrogens is 4. The molecule has 4 heterocycles. The van der Waals surface area contributed by atoms with Crippen LogP contribution < -0.4 is 21.3 Å². The number of hydrogen-bond donors (Lipinski definition) is 6. The highest BCUT2D eigenvalue weighted by atomic mass is 16.2. The minimum absolute atomic E-state index is 0.0673. The van der Waals surface area contributed by atoms with Gasteiger partial charge >= 0.3 is 0 Å². The van der Waals surface area contributed by atoms with Gasteiger partial charge in [0.25, 0.3) is 23.6 Å². The first-order valence-electron chi connectivity index (χ1n) is 31.6. The summed E-state index contributed by atoms with van der Waals surface area (Å²) in [5, 5.41) is 12.1. The molecule has 12 rings (SSSR count). The Hall–Kier alpha value is -10.2. The molecule has 10 aromatic rings. The molecule has 460 valence electrons. The summed E-state index contributed by atoms with van der Waals surface area (Å²) in [5.41, 5.74) is 20.3. The Morgan fingerprint density at radius 2 is 0.670 bits per heavy atom. The van der Waals surface area contributed by atoms with E-state index in [-0.39, 0.29) is 23.6 Å². The summed E-state index contributed by atoms with van der Waals surface area (Å²) in [7, 11) is 7.92. The number of nitrogens with one attached hydrogen (secondary N) is 6. The van der Waals surface area contributed by atoms with E-state index in [9.17, 15) is 19.2 Å². The molecule has 0 spiro atoms. The number of aliphatic imine (C=N–C) groups is 2. The monoisotopic (exact) mass is 1210 g/mol. The second-order valence-electron chi connectivity index (χ2n) is 24.2. The maximum absolute atomic E-state index is 13.1. The number of H-pyrrole nitrogens is 2. The Balaban J connectivity index is 0.528. The first-order chi connectivity index (χ1) is 44.3. The highest BCUT2D eigenvalue weighted by Crippen LogP contribution is 2.37. The molecule has 6 N–H and O–H groups in total. The van der Waals surface area contributed by atoms with Gasteiger partial charge in [-0.05, 0) is 170 Å². The summed E-state index contributed by atoms with van der Waals surface area (Å²) in [6.45, 7) is 4.00. The fraction of sp³-hybridized carbons (Fsp3) is 0.253. The Morgan fingerprint density at radius 1 is 0.363 bits per heavy atom. The Morgan fingerprint density at radius 3 is 1.03 bits per heavy atom. The number of fused-ring (bicyclic) bond motifs is 4. The van der Waals surface area contributed by atoms with Crippen LogP contribution in [0.25, 0.3) is 67.1 Å². The van der Waals surface area contributed by atoms with Crippen LogP contribution in [0.4, 0.5) is 11.4 Å². The molecule has 2 aliphatic heterocycles. The zero-order valence-corrected chi connectivity index (χ0v) is 52.1. The maximum Gasteiger partial charge on any atom is 0.251 e. The van der Waals surface area contributed by atoms with Crippen LogP contribution in [-0.4, -0.2) is 132 Å². The van der Waals surface area contributed by atoms with Crippen LogP contribution in [-0.2, 0) is 12.8 Å². The van der Waals surface area contributed by atoms with Gasteiger partial charge in [-0.2, -0.15) is 0 Å². The van der Waals surface area contributed by atoms with Gasteiger partial charge in [0, 0.05) is 85.5 Å². The third-order valence-corrected chi connectivity index (χ3v) is 16.9. The lowest BCUT2D eigenvalue weighted by Gasteiger charge is -2.10. The van der Waals surface area contributed by atoms with Crippen LogP contribution >= 0.6 is 0 Å². The number of carbonyl (C=O) groups is 4. The molecule has 91 heavy (non-hydrogen) atoms. The van der Waals surface area contributed by atoms with Crippen molar-refractivity contribution in [1.82, 2.24) is 51.0 Å². The molecule has 0 saturated carbocycles. The number of nitrogens with zero attached hydrogens (tertiary/aromatic N) is 6. The number of benzene rings is 8. The number of aromatic amines is 2. The van der Waals surface area contributed by atoms with E-state index in [1.54, 1.807) is 0 Å². The topological polar surface area (TPSA) is 205 Å².